The first kappa shape index (κ1) is 20.4. The van der Waals surface area contributed by atoms with E-state index in [0.717, 1.165) is 18.4 Å². The molecule has 2 atom stereocenters. The van der Waals surface area contributed by atoms with Crippen LogP contribution in [-0.4, -0.2) is 47.8 Å². The van der Waals surface area contributed by atoms with E-state index in [0.29, 0.717) is 16.3 Å². The van der Waals surface area contributed by atoms with Crippen molar-refractivity contribution < 1.29 is 4.79 Å². The van der Waals surface area contributed by atoms with Gasteiger partial charge in [-0.15, -0.1) is 10.2 Å². The monoisotopic (exact) mass is 401 g/mol. The smallest absolute Gasteiger partial charge is 0.262 e. The molecule has 0 saturated carbocycles. The second-order valence-corrected chi connectivity index (χ2v) is 8.05. The molecule has 2 unspecified atom stereocenters. The van der Waals surface area contributed by atoms with Crippen LogP contribution in [0.5, 0.6) is 0 Å². The summed E-state index contributed by atoms with van der Waals surface area (Å²) in [6.07, 6.45) is 1.84. The molecule has 0 aliphatic carbocycles. The van der Waals surface area contributed by atoms with Crippen LogP contribution in [0.25, 0.3) is 16.7 Å². The molecule has 0 aliphatic rings. The number of hydrogen-bond donors (Lipinski definition) is 0. The summed E-state index contributed by atoms with van der Waals surface area (Å²) in [5.74, 6) is 0.853. The Balaban J connectivity index is 1.95. The predicted octanol–water partition coefficient (Wildman–Crippen LogP) is 3.10. The molecule has 0 saturated heterocycles. The average Bonchev–Trinajstić information content (AvgIpc) is 3.14. The van der Waals surface area contributed by atoms with E-state index in [9.17, 15) is 9.59 Å². The Morgan fingerprint density at radius 3 is 2.43 bits per heavy atom. The van der Waals surface area contributed by atoms with Crippen LogP contribution in [0.3, 0.4) is 0 Å². The van der Waals surface area contributed by atoms with Gasteiger partial charge >= 0.3 is 0 Å². The van der Waals surface area contributed by atoms with Gasteiger partial charge < -0.3 is 4.90 Å². The van der Waals surface area contributed by atoms with Crippen LogP contribution in [0.15, 0.2) is 34.2 Å². The van der Waals surface area contributed by atoms with Crippen LogP contribution < -0.4 is 5.56 Å². The quantitative estimate of drug-likeness (QED) is 0.569. The van der Waals surface area contributed by atoms with Crippen molar-refractivity contribution in [2.75, 3.05) is 5.75 Å². The summed E-state index contributed by atoms with van der Waals surface area (Å²) in [7, 11) is 1.69. The number of thioether (sulfide) groups is 1. The van der Waals surface area contributed by atoms with Crippen molar-refractivity contribution in [2.24, 2.45) is 7.05 Å². The molecule has 0 fully saturated rings. The molecule has 1 amide bonds. The van der Waals surface area contributed by atoms with Gasteiger partial charge in [0.15, 0.2) is 5.16 Å². The van der Waals surface area contributed by atoms with Gasteiger partial charge in [-0.1, -0.05) is 37.7 Å². The van der Waals surface area contributed by atoms with Crippen LogP contribution in [0, 0.1) is 0 Å². The number of rotatable bonds is 7. The number of carbonyl (C=O) groups excluding carboxylic acids is 1. The number of aryl methyl sites for hydroxylation is 1. The third-order valence-electron chi connectivity index (χ3n) is 5.34. The Morgan fingerprint density at radius 1 is 1.14 bits per heavy atom. The average molecular weight is 402 g/mol. The Labute approximate surface area is 168 Å². The number of fused-ring (bicyclic) bond motifs is 3. The van der Waals surface area contributed by atoms with Crippen molar-refractivity contribution in [2.45, 2.75) is 57.8 Å². The summed E-state index contributed by atoms with van der Waals surface area (Å²) in [6.45, 7) is 8.37. The summed E-state index contributed by atoms with van der Waals surface area (Å²) in [5.41, 5.74) is 0.643. The van der Waals surface area contributed by atoms with Gasteiger partial charge in [0.2, 0.25) is 11.7 Å². The van der Waals surface area contributed by atoms with E-state index < -0.39 is 0 Å². The molecule has 2 aromatic heterocycles. The van der Waals surface area contributed by atoms with Crippen molar-refractivity contribution in [1.29, 1.82) is 0 Å². The first-order valence-corrected chi connectivity index (χ1v) is 10.7. The number of amides is 1. The number of carbonyl (C=O) groups is 1. The lowest BCUT2D eigenvalue weighted by Crippen LogP contribution is -2.45. The fourth-order valence-corrected chi connectivity index (χ4v) is 4.23. The molecule has 2 heterocycles. The minimum atomic E-state index is -0.108. The molecule has 1 aromatic carbocycles. The van der Waals surface area contributed by atoms with Crippen molar-refractivity contribution in [3.05, 3.63) is 34.6 Å². The molecule has 150 valence electrons. The molecule has 3 rings (SSSR count). The fourth-order valence-electron chi connectivity index (χ4n) is 3.42. The van der Waals surface area contributed by atoms with Crippen LogP contribution in [0.4, 0.5) is 0 Å². The summed E-state index contributed by atoms with van der Waals surface area (Å²) in [4.78, 5) is 27.5. The van der Waals surface area contributed by atoms with Crippen molar-refractivity contribution >= 4 is 34.3 Å². The number of para-hydroxylation sites is 1. The zero-order chi connectivity index (χ0) is 20.4. The summed E-state index contributed by atoms with van der Waals surface area (Å²) in [5, 5.41) is 9.66. The second-order valence-electron chi connectivity index (χ2n) is 7.10. The van der Waals surface area contributed by atoms with Crippen LogP contribution in [-0.2, 0) is 11.8 Å². The summed E-state index contributed by atoms with van der Waals surface area (Å²) in [6, 6.07) is 7.79. The Morgan fingerprint density at radius 2 is 1.79 bits per heavy atom. The highest BCUT2D eigenvalue weighted by Gasteiger charge is 2.24. The lowest BCUT2D eigenvalue weighted by atomic mass is 10.1. The second kappa shape index (κ2) is 8.34. The summed E-state index contributed by atoms with van der Waals surface area (Å²) < 4.78 is 3.34. The van der Waals surface area contributed by atoms with E-state index in [1.807, 2.05) is 27.5 Å². The zero-order valence-corrected chi connectivity index (χ0v) is 17.9. The number of hydrogen-bond acceptors (Lipinski definition) is 5. The first-order chi connectivity index (χ1) is 13.4. The molecule has 3 aromatic rings. The Bertz CT molecular complexity index is 1050. The maximum Gasteiger partial charge on any atom is 0.262 e. The van der Waals surface area contributed by atoms with Gasteiger partial charge in [0.05, 0.1) is 16.7 Å². The molecular formula is C20H27N5O2S. The van der Waals surface area contributed by atoms with Gasteiger partial charge in [-0.3, -0.25) is 18.6 Å². The SMILES string of the molecule is CCC(C)N(C(=O)CSc1nnc2n(C)c(=O)c3ccccc3n12)C(C)CC. The molecule has 8 heteroatoms. The molecule has 0 spiro atoms. The molecule has 7 nitrogen and oxygen atoms in total. The normalized spacial score (nSPS) is 13.8. The van der Waals surface area contributed by atoms with Gasteiger partial charge in [0.1, 0.15) is 0 Å². The number of aromatic nitrogens is 4. The minimum absolute atomic E-state index is 0.0968. The van der Waals surface area contributed by atoms with Gasteiger partial charge in [0.25, 0.3) is 5.56 Å². The van der Waals surface area contributed by atoms with E-state index in [1.54, 1.807) is 13.1 Å². The lowest BCUT2D eigenvalue weighted by Gasteiger charge is -2.34. The highest BCUT2D eigenvalue weighted by molar-refractivity contribution is 7.99. The molecule has 0 bridgehead atoms. The van der Waals surface area contributed by atoms with Crippen molar-refractivity contribution in [1.82, 2.24) is 24.1 Å². The first-order valence-electron chi connectivity index (χ1n) is 9.67. The highest BCUT2D eigenvalue weighted by Crippen LogP contribution is 2.23. The predicted molar refractivity (Wildman–Crippen MR) is 113 cm³/mol. The van der Waals surface area contributed by atoms with Crippen LogP contribution in [0.2, 0.25) is 0 Å². The van der Waals surface area contributed by atoms with Gasteiger partial charge in [-0.2, -0.15) is 0 Å². The molecular weight excluding hydrogens is 374 g/mol. The van der Waals surface area contributed by atoms with Crippen LogP contribution >= 0.6 is 11.8 Å². The van der Waals surface area contributed by atoms with E-state index in [2.05, 4.69) is 37.9 Å². The number of benzene rings is 1. The summed E-state index contributed by atoms with van der Waals surface area (Å²) >= 11 is 1.36. The Kier molecular flexibility index (Phi) is 6.07. The van der Waals surface area contributed by atoms with Crippen molar-refractivity contribution in [3.63, 3.8) is 0 Å². The topological polar surface area (TPSA) is 72.5 Å². The minimum Gasteiger partial charge on any atom is -0.337 e. The fraction of sp³-hybridized carbons (Fsp3) is 0.500. The van der Waals surface area contributed by atoms with Gasteiger partial charge in [0, 0.05) is 19.1 Å². The van der Waals surface area contributed by atoms with E-state index in [-0.39, 0.29) is 29.3 Å². The molecule has 0 N–H and O–H groups in total. The lowest BCUT2D eigenvalue weighted by molar-refractivity contribution is -0.132. The Hall–Kier alpha value is -2.35. The molecule has 0 radical (unpaired) electrons. The third-order valence-corrected chi connectivity index (χ3v) is 6.25. The molecule has 28 heavy (non-hydrogen) atoms. The van der Waals surface area contributed by atoms with Crippen LogP contribution in [0.1, 0.15) is 40.5 Å². The maximum atomic E-state index is 13.0. The standard InChI is InChI=1S/C20H27N5O2S/c1-6-13(3)24(14(4)7-2)17(26)12-28-20-22-21-19-23(5)18(27)15-10-8-9-11-16(15)25(19)20/h8-11,13-14H,6-7,12H2,1-5H3. The van der Waals surface area contributed by atoms with Gasteiger partial charge in [-0.25, -0.2) is 0 Å². The van der Waals surface area contributed by atoms with E-state index in [1.165, 1.54) is 16.3 Å². The zero-order valence-electron chi connectivity index (χ0n) is 17.0. The highest BCUT2D eigenvalue weighted by atomic mass is 32.2. The maximum absolute atomic E-state index is 13.0. The largest absolute Gasteiger partial charge is 0.337 e. The number of nitrogens with zero attached hydrogens (tertiary/aromatic N) is 5. The third kappa shape index (κ3) is 3.53. The van der Waals surface area contributed by atoms with E-state index in [4.69, 9.17) is 0 Å². The van der Waals surface area contributed by atoms with Gasteiger partial charge in [-0.05, 0) is 38.8 Å². The van der Waals surface area contributed by atoms with Crippen molar-refractivity contribution in [3.8, 4) is 0 Å². The molecule has 0 aliphatic heterocycles. The van der Waals surface area contributed by atoms with E-state index >= 15 is 0 Å².